The summed E-state index contributed by atoms with van der Waals surface area (Å²) in [5, 5.41) is 0. The van der Waals surface area contributed by atoms with Crippen LogP contribution in [0.5, 0.6) is 0 Å². The van der Waals surface area contributed by atoms with Crippen molar-refractivity contribution in [3.8, 4) is 0 Å². The van der Waals surface area contributed by atoms with E-state index in [-0.39, 0.29) is 0 Å². The van der Waals surface area contributed by atoms with E-state index >= 15 is 0 Å². The monoisotopic (exact) mass is 158 g/mol. The van der Waals surface area contributed by atoms with Gasteiger partial charge in [0.15, 0.2) is 0 Å². The van der Waals surface area contributed by atoms with Gasteiger partial charge in [-0.3, -0.25) is 0 Å². The summed E-state index contributed by atoms with van der Waals surface area (Å²) < 4.78 is 0. The fourth-order valence-corrected chi connectivity index (χ4v) is 0.204. The Balaban J connectivity index is -0.0000000350. The summed E-state index contributed by atoms with van der Waals surface area (Å²) >= 11 is 0. The van der Waals surface area contributed by atoms with Crippen LogP contribution in [0, 0.1) is 0 Å². The summed E-state index contributed by atoms with van der Waals surface area (Å²) in [5.41, 5.74) is 0. The third-order valence-electron chi connectivity index (χ3n) is 0.493. The van der Waals surface area contributed by atoms with E-state index in [0.29, 0.717) is 0 Å². The van der Waals surface area contributed by atoms with E-state index in [0.717, 1.165) is 6.42 Å². The maximum absolute atomic E-state index is 3.55. The molecule has 11 heavy (non-hydrogen) atoms. The van der Waals surface area contributed by atoms with Crippen molar-refractivity contribution >= 4 is 0 Å². The predicted molar refractivity (Wildman–Crippen MR) is 59.1 cm³/mol. The van der Waals surface area contributed by atoms with Gasteiger partial charge in [-0.25, -0.2) is 0 Å². The minimum Gasteiger partial charge on any atom is -0.106 e. The second-order valence-corrected chi connectivity index (χ2v) is 1.08. The average molecular weight is 158 g/mol. The van der Waals surface area contributed by atoms with Gasteiger partial charge >= 0.3 is 0 Å². The van der Waals surface area contributed by atoms with Crippen molar-refractivity contribution in [3.63, 3.8) is 0 Å². The molecule has 0 aliphatic carbocycles. The Morgan fingerprint density at radius 1 is 1.00 bits per heavy atom. The zero-order valence-electron chi connectivity index (χ0n) is 9.11. The first-order valence-corrected chi connectivity index (χ1v) is 4.52. The van der Waals surface area contributed by atoms with Crippen LogP contribution in [-0.4, -0.2) is 0 Å². The number of hydrogen-bond donors (Lipinski definition) is 0. The van der Waals surface area contributed by atoms with Gasteiger partial charge in [-0.15, -0.1) is 19.7 Å². The Kier molecular flexibility index (Phi) is 226. The first-order chi connectivity index (χ1) is 5.41. The smallest absolute Gasteiger partial charge is 0.0356 e. The van der Waals surface area contributed by atoms with E-state index in [1.165, 1.54) is 6.42 Å². The highest BCUT2D eigenvalue weighted by molar-refractivity contribution is 4.63. The SMILES string of the molecule is C=C.C=CCCC.CC.CC. The maximum Gasteiger partial charge on any atom is -0.0356 e. The fraction of sp³-hybridized carbons (Fsp3) is 0.636. The second-order valence-electron chi connectivity index (χ2n) is 1.08. The van der Waals surface area contributed by atoms with Gasteiger partial charge in [0, 0.05) is 0 Å². The van der Waals surface area contributed by atoms with Crippen LogP contribution in [0.1, 0.15) is 47.5 Å². The summed E-state index contributed by atoms with van der Waals surface area (Å²) in [4.78, 5) is 0. The van der Waals surface area contributed by atoms with Gasteiger partial charge < -0.3 is 0 Å². The molecule has 0 aromatic rings. The van der Waals surface area contributed by atoms with Gasteiger partial charge in [0.05, 0.1) is 0 Å². The third kappa shape index (κ3) is 242. The molecule has 0 nitrogen and oxygen atoms in total. The van der Waals surface area contributed by atoms with E-state index in [1.54, 1.807) is 0 Å². The Labute approximate surface area is 74.0 Å². The predicted octanol–water partition coefficient (Wildman–Crippen LogP) is 4.83. The highest BCUT2D eigenvalue weighted by Gasteiger charge is 1.61. The van der Waals surface area contributed by atoms with Gasteiger partial charge in [-0.05, 0) is 6.42 Å². The van der Waals surface area contributed by atoms with Crippen LogP contribution in [0.3, 0.4) is 0 Å². The lowest BCUT2D eigenvalue weighted by atomic mass is 10.3. The van der Waals surface area contributed by atoms with E-state index < -0.39 is 0 Å². The fourth-order valence-electron chi connectivity index (χ4n) is 0.204. The zero-order chi connectivity index (χ0) is 10.1. The molecule has 0 heterocycles. The van der Waals surface area contributed by atoms with Crippen molar-refractivity contribution in [2.45, 2.75) is 47.5 Å². The molecule has 0 saturated heterocycles. The Bertz CT molecular complexity index is 29.0. The molecule has 0 heteroatoms. The van der Waals surface area contributed by atoms with Crippen molar-refractivity contribution < 1.29 is 0 Å². The molecule has 0 aliphatic rings. The van der Waals surface area contributed by atoms with Crippen molar-refractivity contribution in [2.75, 3.05) is 0 Å². The van der Waals surface area contributed by atoms with Crippen LogP contribution >= 0.6 is 0 Å². The van der Waals surface area contributed by atoms with E-state index in [1.807, 2.05) is 33.8 Å². The van der Waals surface area contributed by atoms with Crippen molar-refractivity contribution in [1.82, 2.24) is 0 Å². The first-order valence-electron chi connectivity index (χ1n) is 4.52. The zero-order valence-corrected chi connectivity index (χ0v) is 9.11. The average Bonchev–Trinajstić information content (AvgIpc) is 2.16. The lowest BCUT2D eigenvalue weighted by molar-refractivity contribution is 0.961. The lowest BCUT2D eigenvalue weighted by Crippen LogP contribution is -1.52. The van der Waals surface area contributed by atoms with Crippen LogP contribution in [0.25, 0.3) is 0 Å². The normalized spacial score (nSPS) is 4.82. The molecule has 0 unspecified atom stereocenters. The molecule has 0 aromatic heterocycles. The van der Waals surface area contributed by atoms with Crippen LogP contribution in [0.15, 0.2) is 25.8 Å². The van der Waals surface area contributed by atoms with Crippen molar-refractivity contribution in [1.29, 1.82) is 0 Å². The molecule has 0 N–H and O–H groups in total. The Hall–Kier alpha value is -0.520. The molecule has 0 aromatic carbocycles. The molecule has 0 amide bonds. The molecular formula is C11H26. The molecule has 0 radical (unpaired) electrons. The van der Waals surface area contributed by atoms with Crippen LogP contribution in [0.4, 0.5) is 0 Å². The molecule has 0 spiro atoms. The van der Waals surface area contributed by atoms with Gasteiger partial charge in [0.2, 0.25) is 0 Å². The van der Waals surface area contributed by atoms with Crippen molar-refractivity contribution in [3.05, 3.63) is 25.8 Å². The van der Waals surface area contributed by atoms with Gasteiger partial charge in [0.25, 0.3) is 0 Å². The maximum atomic E-state index is 3.55. The molecule has 0 saturated carbocycles. The third-order valence-corrected chi connectivity index (χ3v) is 0.493. The molecule has 0 rings (SSSR count). The Morgan fingerprint density at radius 3 is 1.27 bits per heavy atom. The minimum atomic E-state index is 1.15. The van der Waals surface area contributed by atoms with Gasteiger partial charge in [-0.2, -0.15) is 0 Å². The first kappa shape index (κ1) is 22.4. The summed E-state index contributed by atoms with van der Waals surface area (Å²) in [6, 6.07) is 0. The summed E-state index contributed by atoms with van der Waals surface area (Å²) in [6.45, 7) is 19.7. The van der Waals surface area contributed by atoms with Crippen LogP contribution in [0.2, 0.25) is 0 Å². The summed E-state index contributed by atoms with van der Waals surface area (Å²) in [5.74, 6) is 0. The van der Waals surface area contributed by atoms with Crippen LogP contribution < -0.4 is 0 Å². The second kappa shape index (κ2) is 111. The van der Waals surface area contributed by atoms with Crippen LogP contribution in [-0.2, 0) is 0 Å². The summed E-state index contributed by atoms with van der Waals surface area (Å²) in [6.07, 6.45) is 4.31. The van der Waals surface area contributed by atoms with E-state index in [2.05, 4.69) is 26.7 Å². The molecular weight excluding hydrogens is 132 g/mol. The number of allylic oxidation sites excluding steroid dienone is 1. The molecule has 0 bridgehead atoms. The van der Waals surface area contributed by atoms with E-state index in [9.17, 15) is 0 Å². The number of hydrogen-bond acceptors (Lipinski definition) is 0. The lowest BCUT2D eigenvalue weighted by Gasteiger charge is -1.72. The largest absolute Gasteiger partial charge is 0.106 e. The highest BCUT2D eigenvalue weighted by atomic mass is 13.7. The van der Waals surface area contributed by atoms with Gasteiger partial charge in [0.1, 0.15) is 0 Å². The van der Waals surface area contributed by atoms with Crippen molar-refractivity contribution in [2.24, 2.45) is 0 Å². The minimum absolute atomic E-state index is 1.15. The van der Waals surface area contributed by atoms with Gasteiger partial charge in [-0.1, -0.05) is 47.1 Å². The topological polar surface area (TPSA) is 0 Å². The Morgan fingerprint density at radius 2 is 1.27 bits per heavy atom. The number of unbranched alkanes of at least 4 members (excludes halogenated alkanes) is 1. The molecule has 0 atom stereocenters. The molecule has 0 aliphatic heterocycles. The quantitative estimate of drug-likeness (QED) is 0.505. The summed E-state index contributed by atoms with van der Waals surface area (Å²) in [7, 11) is 0. The number of rotatable bonds is 2. The standard InChI is InChI=1S/C5H10.2C2H6.C2H4/c1-3-5-4-2;3*1-2/h3H,1,4-5H2,2H3;2*1-2H3;1-2H2. The van der Waals surface area contributed by atoms with E-state index in [4.69, 9.17) is 0 Å². The molecule has 0 fully saturated rings. The highest BCUT2D eigenvalue weighted by Crippen LogP contribution is 1.82. The molecule has 70 valence electrons.